The summed E-state index contributed by atoms with van der Waals surface area (Å²) in [5, 5.41) is 3.31. The zero-order valence-electron chi connectivity index (χ0n) is 18.0. The Kier molecular flexibility index (Phi) is 7.16. The van der Waals surface area contributed by atoms with Crippen LogP contribution in [0.4, 0.5) is 13.2 Å². The first kappa shape index (κ1) is 22.8. The third-order valence-corrected chi connectivity index (χ3v) is 6.71. The van der Waals surface area contributed by atoms with Crippen LogP contribution in [0.1, 0.15) is 47.9 Å². The summed E-state index contributed by atoms with van der Waals surface area (Å²) in [6.45, 7) is 1.28. The van der Waals surface area contributed by atoms with Crippen LogP contribution >= 0.6 is 0 Å². The van der Waals surface area contributed by atoms with Crippen LogP contribution < -0.4 is 16.2 Å². The number of hydrazine groups is 1. The van der Waals surface area contributed by atoms with Crippen molar-refractivity contribution in [2.75, 3.05) is 6.54 Å². The molecule has 0 bridgehead atoms. The van der Waals surface area contributed by atoms with Gasteiger partial charge in [-0.3, -0.25) is 10.2 Å². The van der Waals surface area contributed by atoms with Gasteiger partial charge >= 0.3 is 6.18 Å². The van der Waals surface area contributed by atoms with Gasteiger partial charge in [0, 0.05) is 18.5 Å². The predicted molar refractivity (Wildman–Crippen MR) is 118 cm³/mol. The van der Waals surface area contributed by atoms with Crippen molar-refractivity contribution in [2.45, 2.75) is 57.3 Å². The molecule has 32 heavy (non-hydrogen) atoms. The molecule has 1 aliphatic carbocycles. The van der Waals surface area contributed by atoms with Crippen LogP contribution in [0.2, 0.25) is 0 Å². The fourth-order valence-electron chi connectivity index (χ4n) is 4.95. The van der Waals surface area contributed by atoms with Crippen molar-refractivity contribution in [3.05, 3.63) is 70.8 Å². The molecular formula is C25H30F3N3O. The summed E-state index contributed by atoms with van der Waals surface area (Å²) in [6, 6.07) is 14.2. The molecule has 172 valence electrons. The van der Waals surface area contributed by atoms with Crippen LogP contribution in [0.3, 0.4) is 0 Å². The maximum atomic E-state index is 12.8. The zero-order chi connectivity index (χ0) is 22.6. The minimum atomic E-state index is -4.30. The molecule has 1 heterocycles. The van der Waals surface area contributed by atoms with E-state index in [1.807, 2.05) is 0 Å². The molecule has 2 aromatic rings. The second-order valence-electron chi connectivity index (χ2n) is 8.94. The fraction of sp³-hybridized carbons (Fsp3) is 0.480. The van der Waals surface area contributed by atoms with Crippen molar-refractivity contribution < 1.29 is 18.0 Å². The maximum Gasteiger partial charge on any atom is 0.416 e. The van der Waals surface area contributed by atoms with Gasteiger partial charge in [0.25, 0.3) is 0 Å². The quantitative estimate of drug-likeness (QED) is 0.554. The SMILES string of the molecule is O=C1NNC(Cc2ccc(CNCCc3cccc(C(F)(F)F)c3)cc2)C2CCCCC12. The molecule has 4 nitrogen and oxygen atoms in total. The normalized spacial score (nSPS) is 23.5. The molecule has 0 spiro atoms. The fourth-order valence-corrected chi connectivity index (χ4v) is 4.95. The van der Waals surface area contributed by atoms with E-state index in [2.05, 4.69) is 40.4 Å². The Balaban J connectivity index is 1.24. The molecule has 2 fully saturated rings. The number of alkyl halides is 3. The first-order valence-electron chi connectivity index (χ1n) is 11.4. The minimum Gasteiger partial charge on any atom is -0.312 e. The highest BCUT2D eigenvalue weighted by Crippen LogP contribution is 2.35. The van der Waals surface area contributed by atoms with E-state index in [-0.39, 0.29) is 17.9 Å². The Morgan fingerprint density at radius 3 is 2.50 bits per heavy atom. The number of carbonyl (C=O) groups is 1. The molecular weight excluding hydrogens is 415 g/mol. The number of benzene rings is 2. The molecule has 3 atom stereocenters. The van der Waals surface area contributed by atoms with Gasteiger partial charge in [0.15, 0.2) is 0 Å². The van der Waals surface area contributed by atoms with E-state index in [1.54, 1.807) is 6.07 Å². The van der Waals surface area contributed by atoms with Gasteiger partial charge in [0.05, 0.1) is 5.56 Å². The van der Waals surface area contributed by atoms with E-state index < -0.39 is 11.7 Å². The average molecular weight is 446 g/mol. The third-order valence-electron chi connectivity index (χ3n) is 6.71. The molecule has 2 aromatic carbocycles. The summed E-state index contributed by atoms with van der Waals surface area (Å²) in [5.74, 6) is 0.669. The Morgan fingerprint density at radius 1 is 0.969 bits per heavy atom. The lowest BCUT2D eigenvalue weighted by atomic mass is 9.72. The summed E-state index contributed by atoms with van der Waals surface area (Å²) in [4.78, 5) is 12.1. The van der Waals surface area contributed by atoms with Crippen LogP contribution in [0, 0.1) is 11.8 Å². The molecule has 4 rings (SSSR count). The van der Waals surface area contributed by atoms with Crippen molar-refractivity contribution >= 4 is 5.91 Å². The highest BCUT2D eigenvalue weighted by Gasteiger charge is 2.39. The Morgan fingerprint density at radius 2 is 1.72 bits per heavy atom. The van der Waals surface area contributed by atoms with Crippen LogP contribution in [-0.2, 0) is 30.4 Å². The molecule has 1 amide bonds. The maximum absolute atomic E-state index is 12.8. The number of fused-ring (bicyclic) bond motifs is 1. The summed E-state index contributed by atoms with van der Waals surface area (Å²) < 4.78 is 38.5. The van der Waals surface area contributed by atoms with Crippen LogP contribution in [0.25, 0.3) is 0 Å². The monoisotopic (exact) mass is 445 g/mol. The molecule has 7 heteroatoms. The summed E-state index contributed by atoms with van der Waals surface area (Å²) in [7, 11) is 0. The number of hydrogen-bond donors (Lipinski definition) is 3. The molecule has 1 saturated carbocycles. The van der Waals surface area contributed by atoms with Gasteiger partial charge in [0.2, 0.25) is 5.91 Å². The standard InChI is InChI=1S/C25H30F3N3O/c26-25(27,28)20-5-3-4-17(14-20)12-13-29-16-19-10-8-18(9-11-19)15-23-21-6-1-2-7-22(21)24(32)31-30-23/h3-5,8-11,14,21-23,29-30H,1-2,6-7,12-13,15-16H2,(H,31,32). The van der Waals surface area contributed by atoms with E-state index in [4.69, 9.17) is 0 Å². The topological polar surface area (TPSA) is 53.2 Å². The largest absolute Gasteiger partial charge is 0.416 e. The number of amides is 1. The highest BCUT2D eigenvalue weighted by atomic mass is 19.4. The van der Waals surface area contributed by atoms with Gasteiger partial charge in [-0.15, -0.1) is 0 Å². The number of rotatable bonds is 7. The van der Waals surface area contributed by atoms with Crippen molar-refractivity contribution in [1.29, 1.82) is 0 Å². The van der Waals surface area contributed by atoms with Gasteiger partial charge in [-0.25, -0.2) is 5.43 Å². The number of hydrogen-bond acceptors (Lipinski definition) is 3. The number of carbonyl (C=O) groups excluding carboxylic acids is 1. The molecule has 1 saturated heterocycles. The summed E-state index contributed by atoms with van der Waals surface area (Å²) in [5.41, 5.74) is 8.53. The van der Waals surface area contributed by atoms with E-state index in [1.165, 1.54) is 24.1 Å². The van der Waals surface area contributed by atoms with Gasteiger partial charge in [0.1, 0.15) is 0 Å². The second kappa shape index (κ2) is 10.0. The van der Waals surface area contributed by atoms with Crippen LogP contribution in [0.5, 0.6) is 0 Å². The lowest BCUT2D eigenvalue weighted by Gasteiger charge is -2.41. The molecule has 3 N–H and O–H groups in total. The first-order chi connectivity index (χ1) is 15.4. The summed E-state index contributed by atoms with van der Waals surface area (Å²) >= 11 is 0. The molecule has 1 aliphatic heterocycles. The third kappa shape index (κ3) is 5.70. The minimum absolute atomic E-state index is 0.135. The molecule has 0 radical (unpaired) electrons. The highest BCUT2D eigenvalue weighted by molar-refractivity contribution is 5.79. The molecule has 3 unspecified atom stereocenters. The predicted octanol–water partition coefficient (Wildman–Crippen LogP) is 4.39. The Bertz CT molecular complexity index is 913. The Labute approximate surface area is 186 Å². The van der Waals surface area contributed by atoms with Crippen LogP contribution in [0.15, 0.2) is 48.5 Å². The van der Waals surface area contributed by atoms with Crippen molar-refractivity contribution in [1.82, 2.24) is 16.2 Å². The zero-order valence-corrected chi connectivity index (χ0v) is 18.0. The molecule has 0 aromatic heterocycles. The second-order valence-corrected chi connectivity index (χ2v) is 8.94. The first-order valence-corrected chi connectivity index (χ1v) is 11.4. The Hall–Kier alpha value is -2.38. The van der Waals surface area contributed by atoms with E-state index in [0.29, 0.717) is 31.0 Å². The van der Waals surface area contributed by atoms with Crippen LogP contribution in [-0.4, -0.2) is 18.5 Å². The van der Waals surface area contributed by atoms with E-state index in [9.17, 15) is 18.0 Å². The summed E-state index contributed by atoms with van der Waals surface area (Å²) in [6.07, 6.45) is 1.54. The number of halogens is 3. The van der Waals surface area contributed by atoms with Gasteiger partial charge in [-0.05, 0) is 60.9 Å². The van der Waals surface area contributed by atoms with E-state index >= 15 is 0 Å². The van der Waals surface area contributed by atoms with E-state index in [0.717, 1.165) is 37.3 Å². The lowest BCUT2D eigenvalue weighted by Crippen LogP contribution is -2.60. The number of nitrogens with one attached hydrogen (secondary N) is 3. The van der Waals surface area contributed by atoms with Crippen molar-refractivity contribution in [3.63, 3.8) is 0 Å². The average Bonchev–Trinajstić information content (AvgIpc) is 2.79. The lowest BCUT2D eigenvalue weighted by molar-refractivity contribution is -0.137. The van der Waals surface area contributed by atoms with Gasteiger partial charge < -0.3 is 5.32 Å². The van der Waals surface area contributed by atoms with Crippen molar-refractivity contribution in [3.8, 4) is 0 Å². The smallest absolute Gasteiger partial charge is 0.312 e. The molecule has 2 aliphatic rings. The van der Waals surface area contributed by atoms with Gasteiger partial charge in [-0.1, -0.05) is 55.3 Å². The van der Waals surface area contributed by atoms with Crippen molar-refractivity contribution in [2.24, 2.45) is 11.8 Å². The van der Waals surface area contributed by atoms with Gasteiger partial charge in [-0.2, -0.15) is 13.2 Å².